The van der Waals surface area contributed by atoms with Crippen LogP contribution in [0.5, 0.6) is 0 Å². The van der Waals surface area contributed by atoms with E-state index >= 15 is 0 Å². The highest BCUT2D eigenvalue weighted by Crippen LogP contribution is 2.42. The zero-order valence-electron chi connectivity index (χ0n) is 27.1. The van der Waals surface area contributed by atoms with Gasteiger partial charge in [-0.25, -0.2) is 4.98 Å². The topological polar surface area (TPSA) is 21.7 Å². The van der Waals surface area contributed by atoms with Crippen LogP contribution in [0, 0.1) is 0 Å². The van der Waals surface area contributed by atoms with E-state index in [0.29, 0.717) is 0 Å². The van der Waals surface area contributed by atoms with Gasteiger partial charge >= 0.3 is 0 Å². The third-order valence-electron chi connectivity index (χ3n) is 10.4. The SMILES string of the molecule is c1ccc(-c2cc(-c3ccc4c(c3)c3ccccc3n3c5ccccc5c5ccc6c7ccccc7n4c6c53)cc(-c3ccccc3)n2)cc1. The number of para-hydroxylation sites is 3. The molecule has 0 aliphatic heterocycles. The molecule has 0 aliphatic rings. The van der Waals surface area contributed by atoms with Gasteiger partial charge in [-0.1, -0.05) is 133 Å². The third-order valence-corrected chi connectivity index (χ3v) is 10.4. The normalized spacial score (nSPS) is 12.0. The molecule has 0 saturated heterocycles. The van der Waals surface area contributed by atoms with Gasteiger partial charge in [-0.05, 0) is 53.6 Å². The highest BCUT2D eigenvalue weighted by atomic mass is 15.0. The molecule has 11 rings (SSSR count). The van der Waals surface area contributed by atoms with Crippen molar-refractivity contribution in [3.63, 3.8) is 0 Å². The average Bonchev–Trinajstić information content (AvgIpc) is 3.70. The summed E-state index contributed by atoms with van der Waals surface area (Å²) in [6.07, 6.45) is 0. The van der Waals surface area contributed by atoms with Crippen LogP contribution in [-0.4, -0.2) is 13.8 Å². The van der Waals surface area contributed by atoms with Crippen LogP contribution in [0.3, 0.4) is 0 Å². The molecule has 0 fully saturated rings. The molecule has 0 saturated carbocycles. The molecule has 0 spiro atoms. The minimum atomic E-state index is 0.960. The van der Waals surface area contributed by atoms with E-state index in [9.17, 15) is 0 Å². The molecule has 0 radical (unpaired) electrons. The lowest BCUT2D eigenvalue weighted by atomic mass is 9.98. The number of benzene rings is 7. The van der Waals surface area contributed by atoms with Gasteiger partial charge in [-0.2, -0.15) is 0 Å². The van der Waals surface area contributed by atoms with Gasteiger partial charge in [-0.3, -0.25) is 0 Å². The molecule has 11 aromatic rings. The van der Waals surface area contributed by atoms with E-state index in [1.807, 2.05) is 0 Å². The second-order valence-electron chi connectivity index (χ2n) is 13.2. The van der Waals surface area contributed by atoms with E-state index in [-0.39, 0.29) is 0 Å². The molecular weight excluding hydrogens is 607 g/mol. The maximum absolute atomic E-state index is 5.17. The van der Waals surface area contributed by atoms with E-state index in [2.05, 4.69) is 185 Å². The largest absolute Gasteiger partial charge is 0.307 e. The monoisotopic (exact) mass is 635 g/mol. The van der Waals surface area contributed by atoms with Gasteiger partial charge < -0.3 is 8.80 Å². The van der Waals surface area contributed by atoms with Crippen LogP contribution in [0.4, 0.5) is 0 Å². The Bertz CT molecular complexity index is 3070. The molecule has 0 N–H and O–H groups in total. The standard InChI is InChI=1S/C47H29N3/c1-3-13-30(14-4-1)40-28-33(29-41(48-40)31-15-5-2-6-16-31)32-23-26-45-39(27-32)36-19-9-12-22-44(36)49-42-20-10-7-17-34(42)37-24-25-38-35-18-8-11-21-43(35)50(45)47(38)46(37)49/h1-29H. The van der Waals surface area contributed by atoms with Crippen molar-refractivity contribution >= 4 is 65.4 Å². The van der Waals surface area contributed by atoms with E-state index in [4.69, 9.17) is 4.98 Å². The number of aromatic nitrogens is 3. The van der Waals surface area contributed by atoms with Crippen molar-refractivity contribution in [2.75, 3.05) is 0 Å². The van der Waals surface area contributed by atoms with Crippen molar-refractivity contribution in [1.29, 1.82) is 0 Å². The average molecular weight is 636 g/mol. The highest BCUT2D eigenvalue weighted by Gasteiger charge is 2.20. The number of hydrogen-bond acceptors (Lipinski definition) is 1. The first-order valence-electron chi connectivity index (χ1n) is 17.1. The summed E-state index contributed by atoms with van der Waals surface area (Å²) >= 11 is 0. The predicted molar refractivity (Wildman–Crippen MR) is 210 cm³/mol. The number of nitrogens with zero attached hydrogens (tertiary/aromatic N) is 3. The lowest BCUT2D eigenvalue weighted by Crippen LogP contribution is -1.95. The number of pyridine rings is 1. The molecule has 0 unspecified atom stereocenters. The molecule has 0 bridgehead atoms. The Balaban J connectivity index is 1.33. The summed E-state index contributed by atoms with van der Waals surface area (Å²) in [4.78, 5) is 5.17. The van der Waals surface area contributed by atoms with Gasteiger partial charge in [0.1, 0.15) is 0 Å². The first-order valence-corrected chi connectivity index (χ1v) is 17.1. The Morgan fingerprint density at radius 1 is 0.280 bits per heavy atom. The molecule has 4 aromatic heterocycles. The van der Waals surface area contributed by atoms with E-state index in [1.165, 1.54) is 65.4 Å². The van der Waals surface area contributed by atoms with Gasteiger partial charge in [-0.15, -0.1) is 0 Å². The molecule has 7 aromatic carbocycles. The van der Waals surface area contributed by atoms with Crippen LogP contribution in [0.1, 0.15) is 0 Å². The van der Waals surface area contributed by atoms with Gasteiger partial charge in [0.2, 0.25) is 0 Å². The van der Waals surface area contributed by atoms with Crippen LogP contribution in [0.15, 0.2) is 176 Å². The number of hydrogen-bond donors (Lipinski definition) is 0. The summed E-state index contributed by atoms with van der Waals surface area (Å²) in [6, 6.07) is 63.7. The van der Waals surface area contributed by atoms with Crippen molar-refractivity contribution in [2.45, 2.75) is 0 Å². The van der Waals surface area contributed by atoms with Crippen LogP contribution in [0.25, 0.3) is 99.1 Å². The van der Waals surface area contributed by atoms with Gasteiger partial charge in [0, 0.05) is 43.4 Å². The van der Waals surface area contributed by atoms with E-state index < -0.39 is 0 Å². The fourth-order valence-corrected chi connectivity index (χ4v) is 8.23. The second-order valence-corrected chi connectivity index (χ2v) is 13.2. The van der Waals surface area contributed by atoms with Gasteiger partial charge in [0.25, 0.3) is 0 Å². The minimum Gasteiger partial charge on any atom is -0.307 e. The van der Waals surface area contributed by atoms with Crippen LogP contribution in [0.2, 0.25) is 0 Å². The third kappa shape index (κ3) is 3.83. The Morgan fingerprint density at radius 2 is 0.700 bits per heavy atom. The van der Waals surface area contributed by atoms with E-state index in [0.717, 1.165) is 33.6 Å². The first-order chi connectivity index (χ1) is 24.8. The molecular formula is C47H29N3. The molecule has 50 heavy (non-hydrogen) atoms. The summed E-state index contributed by atoms with van der Waals surface area (Å²) in [5, 5.41) is 7.46. The maximum Gasteiger partial charge on any atom is 0.0789 e. The molecule has 0 atom stereocenters. The lowest BCUT2D eigenvalue weighted by Gasteiger charge is -2.14. The number of rotatable bonds is 3. The van der Waals surface area contributed by atoms with Gasteiger partial charge in [0.15, 0.2) is 0 Å². The Morgan fingerprint density at radius 3 is 1.20 bits per heavy atom. The first kappa shape index (κ1) is 27.3. The molecule has 0 amide bonds. The zero-order chi connectivity index (χ0) is 32.8. The van der Waals surface area contributed by atoms with Crippen molar-refractivity contribution in [3.05, 3.63) is 176 Å². The summed E-state index contributed by atoms with van der Waals surface area (Å²) in [5.41, 5.74) is 13.7. The van der Waals surface area contributed by atoms with Crippen LogP contribution in [-0.2, 0) is 0 Å². The predicted octanol–water partition coefficient (Wildman–Crippen LogP) is 12.4. The van der Waals surface area contributed by atoms with Gasteiger partial charge in [0.05, 0.1) is 44.5 Å². The Labute approximate surface area is 287 Å². The summed E-state index contributed by atoms with van der Waals surface area (Å²) in [6.45, 7) is 0. The molecule has 3 nitrogen and oxygen atoms in total. The summed E-state index contributed by atoms with van der Waals surface area (Å²) in [5.74, 6) is 0. The van der Waals surface area contributed by atoms with Crippen molar-refractivity contribution in [3.8, 4) is 33.6 Å². The van der Waals surface area contributed by atoms with Crippen molar-refractivity contribution < 1.29 is 0 Å². The lowest BCUT2D eigenvalue weighted by molar-refractivity contribution is 1.30. The number of fused-ring (bicyclic) bond motifs is 11. The fraction of sp³-hybridized carbons (Fsp3) is 0. The summed E-state index contributed by atoms with van der Waals surface area (Å²) < 4.78 is 5.01. The molecule has 4 heterocycles. The van der Waals surface area contributed by atoms with Crippen LogP contribution < -0.4 is 0 Å². The smallest absolute Gasteiger partial charge is 0.0789 e. The Kier molecular flexibility index (Phi) is 5.67. The highest BCUT2D eigenvalue weighted by molar-refractivity contribution is 6.25. The maximum atomic E-state index is 5.17. The molecule has 232 valence electrons. The van der Waals surface area contributed by atoms with Crippen molar-refractivity contribution in [1.82, 2.24) is 13.8 Å². The zero-order valence-corrected chi connectivity index (χ0v) is 27.1. The second kappa shape index (κ2) is 10.4. The Hall–Kier alpha value is -6.71. The molecule has 0 aliphatic carbocycles. The van der Waals surface area contributed by atoms with Crippen molar-refractivity contribution in [2.24, 2.45) is 0 Å². The minimum absolute atomic E-state index is 0.960. The van der Waals surface area contributed by atoms with E-state index in [1.54, 1.807) is 0 Å². The quantitative estimate of drug-likeness (QED) is 0.189. The fourth-order valence-electron chi connectivity index (χ4n) is 8.23. The van der Waals surface area contributed by atoms with Crippen LogP contribution >= 0.6 is 0 Å². The molecule has 3 heteroatoms. The summed E-state index contributed by atoms with van der Waals surface area (Å²) in [7, 11) is 0.